The van der Waals surface area contributed by atoms with Crippen molar-refractivity contribution in [2.75, 3.05) is 7.05 Å². The third kappa shape index (κ3) is 4.01. The lowest BCUT2D eigenvalue weighted by Crippen LogP contribution is -2.29. The number of nitrogens with one attached hydrogen (secondary N) is 1. The molecule has 0 amide bonds. The first kappa shape index (κ1) is 16.8. The van der Waals surface area contributed by atoms with Crippen LogP contribution < -0.4 is 5.32 Å². The predicted octanol–water partition coefficient (Wildman–Crippen LogP) is 5.55. The zero-order chi connectivity index (χ0) is 15.6. The fourth-order valence-electron chi connectivity index (χ4n) is 3.22. The quantitative estimate of drug-likeness (QED) is 0.741. The Hall–Kier alpha value is -0.550. The number of benzene rings is 1. The Morgan fingerprint density at radius 1 is 1.19 bits per heavy atom. The molecule has 0 spiro atoms. The highest BCUT2D eigenvalue weighted by Gasteiger charge is 2.33. The van der Waals surface area contributed by atoms with E-state index in [0.717, 1.165) is 42.1 Å². The summed E-state index contributed by atoms with van der Waals surface area (Å²) in [5, 5.41) is 3.23. The minimum Gasteiger partial charge on any atom is -0.313 e. The van der Waals surface area contributed by atoms with Gasteiger partial charge in [0, 0.05) is 10.5 Å². The highest BCUT2D eigenvalue weighted by Crippen LogP contribution is 2.40. The summed E-state index contributed by atoms with van der Waals surface area (Å²) in [5.74, 6) is 1.12. The van der Waals surface area contributed by atoms with Crippen molar-refractivity contribution < 1.29 is 13.2 Å². The average molecular weight is 364 g/mol. The van der Waals surface area contributed by atoms with E-state index in [0.29, 0.717) is 11.5 Å². The maximum atomic E-state index is 12.9. The van der Waals surface area contributed by atoms with Crippen LogP contribution in [0.1, 0.15) is 49.8 Å². The molecule has 1 unspecified atom stereocenters. The summed E-state index contributed by atoms with van der Waals surface area (Å²) in [6.07, 6.45) is 0.137. The Kier molecular flexibility index (Phi) is 5.36. The second-order valence-electron chi connectivity index (χ2n) is 6.02. The van der Waals surface area contributed by atoms with Gasteiger partial charge in [-0.3, -0.25) is 0 Å². The van der Waals surface area contributed by atoms with Gasteiger partial charge in [-0.05, 0) is 55.5 Å². The van der Waals surface area contributed by atoms with Crippen LogP contribution >= 0.6 is 15.9 Å². The van der Waals surface area contributed by atoms with Gasteiger partial charge in [0.2, 0.25) is 0 Å². The van der Waals surface area contributed by atoms with Crippen LogP contribution in [0.25, 0.3) is 0 Å². The van der Waals surface area contributed by atoms with Crippen molar-refractivity contribution in [3.05, 3.63) is 33.8 Å². The molecule has 1 nitrogen and oxygen atoms in total. The molecule has 1 saturated carbocycles. The molecule has 1 N–H and O–H groups in total. The Labute approximate surface area is 132 Å². The van der Waals surface area contributed by atoms with Gasteiger partial charge in [-0.15, -0.1) is 0 Å². The molecule has 2 rings (SSSR count). The molecule has 1 aliphatic rings. The zero-order valence-corrected chi connectivity index (χ0v) is 13.9. The van der Waals surface area contributed by atoms with Crippen LogP contribution in [0.3, 0.4) is 0 Å². The Morgan fingerprint density at radius 2 is 1.81 bits per heavy atom. The summed E-state index contributed by atoms with van der Waals surface area (Å²) in [6, 6.07) is 3.88. The van der Waals surface area contributed by atoms with Gasteiger partial charge >= 0.3 is 6.18 Å². The van der Waals surface area contributed by atoms with Gasteiger partial charge in [0.15, 0.2) is 0 Å². The maximum absolute atomic E-state index is 12.9. The van der Waals surface area contributed by atoms with Crippen molar-refractivity contribution in [3.8, 4) is 0 Å². The second-order valence-corrected chi connectivity index (χ2v) is 6.87. The molecule has 0 aromatic heterocycles. The fourth-order valence-corrected chi connectivity index (χ4v) is 3.72. The van der Waals surface area contributed by atoms with E-state index in [1.54, 1.807) is 0 Å². The first-order chi connectivity index (χ1) is 9.82. The van der Waals surface area contributed by atoms with E-state index in [1.807, 2.05) is 7.05 Å². The molecule has 0 aliphatic heterocycles. The van der Waals surface area contributed by atoms with Crippen molar-refractivity contribution in [3.63, 3.8) is 0 Å². The van der Waals surface area contributed by atoms with E-state index in [2.05, 4.69) is 28.2 Å². The summed E-state index contributed by atoms with van der Waals surface area (Å²) >= 11 is 3.41. The smallest absolute Gasteiger partial charge is 0.313 e. The molecule has 0 heterocycles. The van der Waals surface area contributed by atoms with Crippen LogP contribution in [0, 0.1) is 11.8 Å². The Balaban J connectivity index is 2.29. The molecule has 1 aromatic carbocycles. The topological polar surface area (TPSA) is 12.0 Å². The van der Waals surface area contributed by atoms with Gasteiger partial charge in [0.25, 0.3) is 0 Å². The van der Waals surface area contributed by atoms with Crippen LogP contribution in [0.15, 0.2) is 22.7 Å². The van der Waals surface area contributed by atoms with E-state index < -0.39 is 11.7 Å². The Bertz CT molecular complexity index is 479. The number of halogens is 4. The molecule has 118 valence electrons. The highest BCUT2D eigenvalue weighted by atomic mass is 79.9. The van der Waals surface area contributed by atoms with E-state index in [-0.39, 0.29) is 6.04 Å². The summed E-state index contributed by atoms with van der Waals surface area (Å²) < 4.78 is 39.5. The number of alkyl halides is 3. The lowest BCUT2D eigenvalue weighted by atomic mass is 9.77. The third-order valence-electron chi connectivity index (χ3n) is 4.50. The SMILES string of the molecule is CNC(c1cc(C(F)(F)F)ccc1Br)C1CCC(C)CC1. The van der Waals surface area contributed by atoms with Crippen molar-refractivity contribution in [1.82, 2.24) is 5.32 Å². The Morgan fingerprint density at radius 3 is 2.33 bits per heavy atom. The maximum Gasteiger partial charge on any atom is 0.416 e. The van der Waals surface area contributed by atoms with Gasteiger partial charge in [0.05, 0.1) is 5.56 Å². The minimum absolute atomic E-state index is 0.0332. The van der Waals surface area contributed by atoms with Crippen molar-refractivity contribution in [2.24, 2.45) is 11.8 Å². The van der Waals surface area contributed by atoms with Crippen LogP contribution in [0.2, 0.25) is 0 Å². The molecule has 5 heteroatoms. The number of hydrogen-bond donors (Lipinski definition) is 1. The average Bonchev–Trinajstić information content (AvgIpc) is 2.42. The lowest BCUT2D eigenvalue weighted by Gasteiger charge is -2.33. The molecular weight excluding hydrogens is 343 g/mol. The first-order valence-corrected chi connectivity index (χ1v) is 8.16. The van der Waals surface area contributed by atoms with Gasteiger partial charge in [-0.25, -0.2) is 0 Å². The molecule has 0 bridgehead atoms. The van der Waals surface area contributed by atoms with Gasteiger partial charge in [-0.2, -0.15) is 13.2 Å². The van der Waals surface area contributed by atoms with E-state index in [9.17, 15) is 13.2 Å². The van der Waals surface area contributed by atoms with E-state index in [1.165, 1.54) is 12.1 Å². The molecular formula is C16H21BrF3N. The van der Waals surface area contributed by atoms with Crippen LogP contribution in [0.4, 0.5) is 13.2 Å². The largest absolute Gasteiger partial charge is 0.416 e. The zero-order valence-electron chi connectivity index (χ0n) is 12.3. The van der Waals surface area contributed by atoms with Gasteiger partial charge in [-0.1, -0.05) is 35.7 Å². The fraction of sp³-hybridized carbons (Fsp3) is 0.625. The normalized spacial score (nSPS) is 24.9. The molecule has 21 heavy (non-hydrogen) atoms. The molecule has 1 aromatic rings. The summed E-state index contributed by atoms with van der Waals surface area (Å²) in [6.45, 7) is 2.24. The highest BCUT2D eigenvalue weighted by molar-refractivity contribution is 9.10. The van der Waals surface area contributed by atoms with Crippen molar-refractivity contribution in [1.29, 1.82) is 0 Å². The number of hydrogen-bond acceptors (Lipinski definition) is 1. The van der Waals surface area contributed by atoms with Gasteiger partial charge in [0.1, 0.15) is 0 Å². The minimum atomic E-state index is -4.30. The van der Waals surface area contributed by atoms with Crippen molar-refractivity contribution in [2.45, 2.75) is 44.8 Å². The van der Waals surface area contributed by atoms with Crippen LogP contribution in [0.5, 0.6) is 0 Å². The van der Waals surface area contributed by atoms with E-state index >= 15 is 0 Å². The van der Waals surface area contributed by atoms with Crippen LogP contribution in [-0.2, 0) is 6.18 Å². The monoisotopic (exact) mass is 363 g/mol. The first-order valence-electron chi connectivity index (χ1n) is 7.36. The predicted molar refractivity (Wildman–Crippen MR) is 82.1 cm³/mol. The van der Waals surface area contributed by atoms with E-state index in [4.69, 9.17) is 0 Å². The third-order valence-corrected chi connectivity index (χ3v) is 5.22. The lowest BCUT2D eigenvalue weighted by molar-refractivity contribution is -0.137. The molecule has 0 radical (unpaired) electrons. The van der Waals surface area contributed by atoms with Gasteiger partial charge < -0.3 is 5.32 Å². The summed E-state index contributed by atoms with van der Waals surface area (Å²) in [5.41, 5.74) is 0.136. The standard InChI is InChI=1S/C16H21BrF3N/c1-10-3-5-11(6-4-10)15(21-2)13-9-12(16(18,19)20)7-8-14(13)17/h7-11,15,21H,3-6H2,1-2H3. The van der Waals surface area contributed by atoms with Crippen LogP contribution in [-0.4, -0.2) is 7.05 Å². The summed E-state index contributed by atoms with van der Waals surface area (Å²) in [7, 11) is 1.83. The second kappa shape index (κ2) is 6.69. The number of rotatable bonds is 3. The molecule has 1 aliphatic carbocycles. The summed E-state index contributed by atoms with van der Waals surface area (Å²) in [4.78, 5) is 0. The molecule has 1 fully saturated rings. The molecule has 1 atom stereocenters. The molecule has 0 saturated heterocycles. The van der Waals surface area contributed by atoms with Crippen molar-refractivity contribution >= 4 is 15.9 Å².